The second-order valence-electron chi connectivity index (χ2n) is 4.05. The molecule has 0 amide bonds. The lowest BCUT2D eigenvalue weighted by Crippen LogP contribution is -2.50. The lowest BCUT2D eigenvalue weighted by atomic mass is 10.0. The summed E-state index contributed by atoms with van der Waals surface area (Å²) in [6.07, 6.45) is 2.41. The molecule has 1 rings (SSSR count). The van der Waals surface area contributed by atoms with E-state index in [4.69, 9.17) is 9.84 Å². The summed E-state index contributed by atoms with van der Waals surface area (Å²) in [6.45, 7) is -0.931. The van der Waals surface area contributed by atoms with Crippen LogP contribution in [0.4, 0.5) is 0 Å². The fraction of sp³-hybridized carbons (Fsp3) is 1.00. The van der Waals surface area contributed by atoms with Crippen LogP contribution in [0, 0.1) is 0 Å². The van der Waals surface area contributed by atoms with Crippen molar-refractivity contribution in [3.63, 3.8) is 0 Å². The Bertz CT molecular complexity index is 319. The zero-order valence-corrected chi connectivity index (χ0v) is 9.98. The van der Waals surface area contributed by atoms with Gasteiger partial charge in [-0.25, -0.2) is 8.42 Å². The minimum atomic E-state index is -4.21. The fourth-order valence-electron chi connectivity index (χ4n) is 2.08. The minimum absolute atomic E-state index is 0.433. The van der Waals surface area contributed by atoms with Crippen molar-refractivity contribution < 1.29 is 28.5 Å². The van der Waals surface area contributed by atoms with Gasteiger partial charge in [-0.1, -0.05) is 12.8 Å². The van der Waals surface area contributed by atoms with Crippen molar-refractivity contribution in [1.82, 2.24) is 0 Å². The van der Waals surface area contributed by atoms with E-state index in [2.05, 4.69) is 0 Å². The van der Waals surface area contributed by atoms with Gasteiger partial charge in [-0.3, -0.25) is 0 Å². The maximum absolute atomic E-state index is 11.7. The lowest BCUT2D eigenvalue weighted by molar-refractivity contribution is -0.0664. The predicted molar refractivity (Wildman–Crippen MR) is 56.2 cm³/mol. The number of aliphatic hydroxyl groups is 3. The van der Waals surface area contributed by atoms with E-state index in [1.54, 1.807) is 0 Å². The van der Waals surface area contributed by atoms with Gasteiger partial charge in [-0.15, -0.1) is 0 Å². The lowest BCUT2D eigenvalue weighted by Gasteiger charge is -2.33. The summed E-state index contributed by atoms with van der Waals surface area (Å²) in [5, 5.41) is 27.7. The van der Waals surface area contributed by atoms with E-state index in [-0.39, 0.29) is 0 Å². The minimum Gasteiger partial charge on any atom is -0.393 e. The Balaban J connectivity index is 2.95. The molecule has 3 N–H and O–H groups in total. The Morgan fingerprint density at radius 3 is 2.19 bits per heavy atom. The van der Waals surface area contributed by atoms with E-state index in [0.29, 0.717) is 12.8 Å². The molecule has 7 heteroatoms. The summed E-state index contributed by atoms with van der Waals surface area (Å²) in [6, 6.07) is 0. The van der Waals surface area contributed by atoms with Crippen LogP contribution in [0.1, 0.15) is 25.7 Å². The number of ether oxygens (including phenoxy) is 1. The third-order valence-electron chi connectivity index (χ3n) is 3.15. The van der Waals surface area contributed by atoms with Crippen molar-refractivity contribution in [2.45, 2.75) is 42.2 Å². The van der Waals surface area contributed by atoms with Gasteiger partial charge in [-0.05, 0) is 12.8 Å². The van der Waals surface area contributed by atoms with Crippen molar-refractivity contribution >= 4 is 9.84 Å². The molecule has 16 heavy (non-hydrogen) atoms. The molecule has 1 saturated carbocycles. The van der Waals surface area contributed by atoms with Gasteiger partial charge >= 0.3 is 0 Å². The third kappa shape index (κ3) is 2.23. The van der Waals surface area contributed by atoms with Gasteiger partial charge in [-0.2, -0.15) is 0 Å². The maximum atomic E-state index is 11.7. The van der Waals surface area contributed by atoms with Crippen molar-refractivity contribution in [2.75, 3.05) is 13.7 Å². The fourth-order valence-corrected chi connectivity index (χ4v) is 3.51. The Kier molecular flexibility index (Phi) is 4.30. The van der Waals surface area contributed by atoms with Crippen molar-refractivity contribution in [3.05, 3.63) is 0 Å². The molecule has 1 aliphatic rings. The van der Waals surface area contributed by atoms with Crippen molar-refractivity contribution in [1.29, 1.82) is 0 Å². The summed E-state index contributed by atoms with van der Waals surface area (Å²) in [5.41, 5.74) is -4.90. The molecule has 96 valence electrons. The number of sulfone groups is 1. The zero-order valence-electron chi connectivity index (χ0n) is 9.16. The Morgan fingerprint density at radius 1 is 1.31 bits per heavy atom. The molecule has 0 aromatic rings. The van der Waals surface area contributed by atoms with Crippen LogP contribution in [-0.2, 0) is 14.6 Å². The van der Waals surface area contributed by atoms with Gasteiger partial charge in [0.1, 0.15) is 5.60 Å². The van der Waals surface area contributed by atoms with Gasteiger partial charge in [0.25, 0.3) is 0 Å². The molecule has 0 radical (unpaired) electrons. The van der Waals surface area contributed by atoms with E-state index >= 15 is 0 Å². The van der Waals surface area contributed by atoms with Crippen LogP contribution in [0.3, 0.4) is 0 Å². The quantitative estimate of drug-likeness (QED) is 0.580. The standard InChI is InChI=1S/C9H18O6S/c1-15-9(4-2-3-5-9)8(12)16(13,14)7(11)6-10/h7-8,10-12H,2-6H2,1H3. The van der Waals surface area contributed by atoms with Crippen LogP contribution in [0.25, 0.3) is 0 Å². The zero-order chi connectivity index (χ0) is 12.4. The van der Waals surface area contributed by atoms with Crippen molar-refractivity contribution in [2.24, 2.45) is 0 Å². The van der Waals surface area contributed by atoms with Crippen LogP contribution < -0.4 is 0 Å². The molecule has 6 nitrogen and oxygen atoms in total. The summed E-state index contributed by atoms with van der Waals surface area (Å²) < 4.78 is 28.5. The molecule has 0 heterocycles. The average Bonchev–Trinajstić information content (AvgIpc) is 2.76. The van der Waals surface area contributed by atoms with Gasteiger partial charge in [0.15, 0.2) is 10.9 Å². The van der Waals surface area contributed by atoms with E-state index in [9.17, 15) is 18.6 Å². The molecule has 2 unspecified atom stereocenters. The van der Waals surface area contributed by atoms with E-state index < -0.39 is 32.9 Å². The number of hydrogen-bond donors (Lipinski definition) is 3. The van der Waals surface area contributed by atoms with Crippen molar-refractivity contribution in [3.8, 4) is 0 Å². The summed E-state index contributed by atoms with van der Waals surface area (Å²) >= 11 is 0. The van der Waals surface area contributed by atoms with Crippen LogP contribution >= 0.6 is 0 Å². The Labute approximate surface area is 94.8 Å². The second-order valence-corrected chi connectivity index (χ2v) is 6.22. The Morgan fingerprint density at radius 2 is 1.81 bits per heavy atom. The molecule has 0 bridgehead atoms. The summed E-state index contributed by atoms with van der Waals surface area (Å²) in [4.78, 5) is 0. The first-order valence-electron chi connectivity index (χ1n) is 5.15. The van der Waals surface area contributed by atoms with Gasteiger partial charge in [0.05, 0.1) is 6.61 Å². The SMILES string of the molecule is COC1(C(O)S(=O)(=O)C(O)CO)CCCC1. The highest BCUT2D eigenvalue weighted by atomic mass is 32.2. The molecule has 2 atom stereocenters. The number of hydrogen-bond acceptors (Lipinski definition) is 6. The monoisotopic (exact) mass is 254 g/mol. The molecule has 1 aliphatic carbocycles. The topological polar surface area (TPSA) is 104 Å². The largest absolute Gasteiger partial charge is 0.393 e. The number of methoxy groups -OCH3 is 1. The molecule has 0 saturated heterocycles. The molecular weight excluding hydrogens is 236 g/mol. The summed E-state index contributed by atoms with van der Waals surface area (Å²) in [7, 11) is -2.86. The molecule has 0 spiro atoms. The Hall–Kier alpha value is -0.210. The number of aliphatic hydroxyl groups excluding tert-OH is 3. The third-order valence-corrected chi connectivity index (χ3v) is 5.11. The van der Waals surface area contributed by atoms with Crippen LogP contribution in [0.2, 0.25) is 0 Å². The highest BCUT2D eigenvalue weighted by molar-refractivity contribution is 7.92. The van der Waals surface area contributed by atoms with E-state index in [0.717, 1.165) is 12.8 Å². The summed E-state index contributed by atoms with van der Waals surface area (Å²) in [5.74, 6) is 0. The highest BCUT2D eigenvalue weighted by Gasteiger charge is 2.49. The molecule has 0 aromatic heterocycles. The van der Waals surface area contributed by atoms with Crippen LogP contribution in [0.15, 0.2) is 0 Å². The molecule has 1 fully saturated rings. The normalized spacial score (nSPS) is 24.2. The maximum Gasteiger partial charge on any atom is 0.208 e. The van der Waals surface area contributed by atoms with Gasteiger partial charge in [0.2, 0.25) is 9.84 Å². The second kappa shape index (κ2) is 4.97. The smallest absolute Gasteiger partial charge is 0.208 e. The molecular formula is C9H18O6S. The average molecular weight is 254 g/mol. The first-order valence-corrected chi connectivity index (χ1v) is 6.76. The number of rotatable bonds is 5. The van der Waals surface area contributed by atoms with Crippen LogP contribution in [-0.4, -0.2) is 53.9 Å². The van der Waals surface area contributed by atoms with Gasteiger partial charge < -0.3 is 20.1 Å². The molecule has 0 aliphatic heterocycles. The van der Waals surface area contributed by atoms with E-state index in [1.165, 1.54) is 7.11 Å². The van der Waals surface area contributed by atoms with E-state index in [1.807, 2.05) is 0 Å². The van der Waals surface area contributed by atoms with Gasteiger partial charge in [0, 0.05) is 7.11 Å². The highest BCUT2D eigenvalue weighted by Crippen LogP contribution is 2.38. The molecule has 0 aromatic carbocycles. The predicted octanol–water partition coefficient (Wildman–Crippen LogP) is -1.01. The first kappa shape index (κ1) is 13.9. The van der Waals surface area contributed by atoms with Crippen LogP contribution in [0.5, 0.6) is 0 Å². The first-order chi connectivity index (χ1) is 7.40.